The van der Waals surface area contributed by atoms with E-state index in [9.17, 15) is 4.79 Å². The summed E-state index contributed by atoms with van der Waals surface area (Å²) in [5, 5.41) is 5.10. The van der Waals surface area contributed by atoms with Gasteiger partial charge in [-0.2, -0.15) is 5.10 Å². The molecule has 1 rings (SSSR count). The molecule has 0 unspecified atom stereocenters. The van der Waals surface area contributed by atoms with Crippen LogP contribution in [0.15, 0.2) is 29.4 Å². The first-order valence-corrected chi connectivity index (χ1v) is 4.28. The maximum atomic E-state index is 11.7. The van der Waals surface area contributed by atoms with Crippen molar-refractivity contribution in [2.24, 2.45) is 5.10 Å². The van der Waals surface area contributed by atoms with Crippen LogP contribution >= 0.6 is 0 Å². The van der Waals surface area contributed by atoms with Gasteiger partial charge in [-0.3, -0.25) is 4.79 Å². The number of anilines is 1. The maximum Gasteiger partial charge on any atom is 0.275 e. The molecular weight excluding hydrogens is 178 g/mol. The van der Waals surface area contributed by atoms with Crippen LogP contribution in [0.5, 0.6) is 0 Å². The van der Waals surface area contributed by atoms with E-state index in [1.54, 1.807) is 44.5 Å². The van der Waals surface area contributed by atoms with E-state index in [1.807, 2.05) is 0 Å². The van der Waals surface area contributed by atoms with E-state index in [0.29, 0.717) is 11.3 Å². The van der Waals surface area contributed by atoms with Gasteiger partial charge in [-0.05, 0) is 19.1 Å². The number of rotatable bonds is 2. The van der Waals surface area contributed by atoms with Gasteiger partial charge in [-0.25, -0.2) is 5.01 Å². The minimum Gasteiger partial charge on any atom is -0.398 e. The van der Waals surface area contributed by atoms with Crippen LogP contribution in [0.2, 0.25) is 0 Å². The van der Waals surface area contributed by atoms with Crippen LogP contribution < -0.4 is 5.73 Å². The van der Waals surface area contributed by atoms with Crippen LogP contribution in [-0.4, -0.2) is 24.2 Å². The highest BCUT2D eigenvalue weighted by Crippen LogP contribution is 2.12. The van der Waals surface area contributed by atoms with Crippen molar-refractivity contribution in [2.45, 2.75) is 6.92 Å². The Morgan fingerprint density at radius 2 is 2.14 bits per heavy atom. The van der Waals surface area contributed by atoms with Gasteiger partial charge in [0.2, 0.25) is 0 Å². The number of nitrogen functional groups attached to an aromatic ring is 1. The lowest BCUT2D eigenvalue weighted by molar-refractivity contribution is 0.0801. The van der Waals surface area contributed by atoms with Gasteiger partial charge in [0.15, 0.2) is 0 Å². The molecule has 0 saturated heterocycles. The molecule has 0 radical (unpaired) electrons. The number of nitrogens with two attached hydrogens (primary N) is 1. The molecule has 0 aliphatic carbocycles. The number of amides is 1. The quantitative estimate of drug-likeness (QED) is 0.435. The Morgan fingerprint density at radius 3 is 2.71 bits per heavy atom. The predicted molar refractivity (Wildman–Crippen MR) is 57.1 cm³/mol. The molecule has 0 spiro atoms. The maximum absolute atomic E-state index is 11.7. The van der Waals surface area contributed by atoms with Gasteiger partial charge in [0, 0.05) is 18.9 Å². The van der Waals surface area contributed by atoms with Crippen LogP contribution in [0.25, 0.3) is 0 Å². The second kappa shape index (κ2) is 4.41. The topological polar surface area (TPSA) is 58.7 Å². The van der Waals surface area contributed by atoms with E-state index in [2.05, 4.69) is 5.10 Å². The first-order valence-electron chi connectivity index (χ1n) is 4.28. The first-order chi connectivity index (χ1) is 6.66. The van der Waals surface area contributed by atoms with Gasteiger partial charge in [-0.15, -0.1) is 0 Å². The Kier molecular flexibility index (Phi) is 3.23. The van der Waals surface area contributed by atoms with Gasteiger partial charge in [0.05, 0.1) is 5.56 Å². The second-order valence-electron chi connectivity index (χ2n) is 2.79. The average molecular weight is 191 g/mol. The molecule has 0 aliphatic rings. The lowest BCUT2D eigenvalue weighted by Gasteiger charge is -2.11. The number of hydrogen-bond acceptors (Lipinski definition) is 3. The highest BCUT2D eigenvalue weighted by atomic mass is 16.2. The summed E-state index contributed by atoms with van der Waals surface area (Å²) in [6, 6.07) is 6.93. The van der Waals surface area contributed by atoms with E-state index in [0.717, 1.165) is 0 Å². The second-order valence-corrected chi connectivity index (χ2v) is 2.79. The number of hydrazone groups is 1. The molecule has 0 aromatic heterocycles. The van der Waals surface area contributed by atoms with Crippen molar-refractivity contribution in [2.75, 3.05) is 12.8 Å². The van der Waals surface area contributed by atoms with Crippen molar-refractivity contribution in [1.82, 2.24) is 5.01 Å². The van der Waals surface area contributed by atoms with Crippen LogP contribution in [0, 0.1) is 0 Å². The number of benzene rings is 1. The van der Waals surface area contributed by atoms with Crippen LogP contribution in [0.3, 0.4) is 0 Å². The molecule has 74 valence electrons. The fourth-order valence-corrected chi connectivity index (χ4v) is 1.09. The molecule has 1 aromatic carbocycles. The number of carbonyl (C=O) groups excluding carboxylic acids is 1. The third-order valence-corrected chi connectivity index (χ3v) is 1.77. The number of hydrogen-bond donors (Lipinski definition) is 1. The fourth-order valence-electron chi connectivity index (χ4n) is 1.09. The van der Waals surface area contributed by atoms with Crippen molar-refractivity contribution in [3.05, 3.63) is 29.8 Å². The van der Waals surface area contributed by atoms with E-state index >= 15 is 0 Å². The molecule has 14 heavy (non-hydrogen) atoms. The van der Waals surface area contributed by atoms with Crippen molar-refractivity contribution >= 4 is 17.8 Å². The molecule has 0 aliphatic heterocycles. The summed E-state index contributed by atoms with van der Waals surface area (Å²) in [7, 11) is 1.59. The zero-order valence-electron chi connectivity index (χ0n) is 8.27. The molecule has 2 N–H and O–H groups in total. The number of para-hydroxylation sites is 1. The molecule has 0 fully saturated rings. The molecule has 0 heterocycles. The summed E-state index contributed by atoms with van der Waals surface area (Å²) < 4.78 is 0. The van der Waals surface area contributed by atoms with Crippen LogP contribution in [-0.2, 0) is 0 Å². The van der Waals surface area contributed by atoms with E-state index in [-0.39, 0.29) is 5.91 Å². The number of nitrogens with zero attached hydrogens (tertiary/aromatic N) is 2. The Hall–Kier alpha value is -1.84. The summed E-state index contributed by atoms with van der Waals surface area (Å²) in [6.45, 7) is 1.75. The molecule has 4 heteroatoms. The molecule has 1 aromatic rings. The molecule has 4 nitrogen and oxygen atoms in total. The SMILES string of the molecule is C/C=N/N(C)C(=O)c1ccccc1N. The molecule has 0 bridgehead atoms. The summed E-state index contributed by atoms with van der Waals surface area (Å²) in [6.07, 6.45) is 1.55. The van der Waals surface area contributed by atoms with Crippen molar-refractivity contribution < 1.29 is 4.79 Å². The lowest BCUT2D eigenvalue weighted by Crippen LogP contribution is -2.22. The molecule has 0 atom stereocenters. The first kappa shape index (κ1) is 10.2. The smallest absolute Gasteiger partial charge is 0.275 e. The van der Waals surface area contributed by atoms with Crippen LogP contribution in [0.4, 0.5) is 5.69 Å². The van der Waals surface area contributed by atoms with Crippen molar-refractivity contribution in [3.63, 3.8) is 0 Å². The highest BCUT2D eigenvalue weighted by Gasteiger charge is 2.12. The average Bonchev–Trinajstić information content (AvgIpc) is 2.18. The van der Waals surface area contributed by atoms with Gasteiger partial charge >= 0.3 is 0 Å². The van der Waals surface area contributed by atoms with Gasteiger partial charge in [-0.1, -0.05) is 12.1 Å². The largest absolute Gasteiger partial charge is 0.398 e. The summed E-state index contributed by atoms with van der Waals surface area (Å²) in [5.74, 6) is -0.207. The van der Waals surface area contributed by atoms with E-state index in [1.165, 1.54) is 5.01 Å². The molecule has 0 saturated carbocycles. The van der Waals surface area contributed by atoms with Gasteiger partial charge in [0.25, 0.3) is 5.91 Å². The predicted octanol–water partition coefficient (Wildman–Crippen LogP) is 1.35. The third-order valence-electron chi connectivity index (χ3n) is 1.77. The third kappa shape index (κ3) is 2.10. The van der Waals surface area contributed by atoms with Crippen molar-refractivity contribution in [3.8, 4) is 0 Å². The zero-order valence-corrected chi connectivity index (χ0v) is 8.27. The van der Waals surface area contributed by atoms with Gasteiger partial charge < -0.3 is 5.73 Å². The summed E-state index contributed by atoms with van der Waals surface area (Å²) >= 11 is 0. The Bertz CT molecular complexity index is 360. The zero-order chi connectivity index (χ0) is 10.6. The minimum absolute atomic E-state index is 0.207. The summed E-state index contributed by atoms with van der Waals surface area (Å²) in [5.41, 5.74) is 6.60. The van der Waals surface area contributed by atoms with Crippen LogP contribution in [0.1, 0.15) is 17.3 Å². The Labute approximate surface area is 83.0 Å². The van der Waals surface area contributed by atoms with E-state index in [4.69, 9.17) is 5.73 Å². The van der Waals surface area contributed by atoms with Crippen molar-refractivity contribution in [1.29, 1.82) is 0 Å². The fraction of sp³-hybridized carbons (Fsp3) is 0.200. The monoisotopic (exact) mass is 191 g/mol. The number of carbonyl (C=O) groups is 1. The Morgan fingerprint density at radius 1 is 1.50 bits per heavy atom. The lowest BCUT2D eigenvalue weighted by atomic mass is 10.2. The van der Waals surface area contributed by atoms with Gasteiger partial charge in [0.1, 0.15) is 0 Å². The Balaban J connectivity index is 2.95. The molecular formula is C10H13N3O. The molecule has 1 amide bonds. The standard InChI is InChI=1S/C10H13N3O/c1-3-12-13(2)10(14)8-6-4-5-7-9(8)11/h3-7H,11H2,1-2H3/b12-3+. The normalized spacial score (nSPS) is 10.4. The summed E-state index contributed by atoms with van der Waals surface area (Å²) in [4.78, 5) is 11.7. The van der Waals surface area contributed by atoms with E-state index < -0.39 is 0 Å². The minimum atomic E-state index is -0.207. The highest BCUT2D eigenvalue weighted by molar-refractivity contribution is 5.98.